The number of nitrogens with zero attached hydrogens (tertiary/aromatic N) is 1. The maximum Gasteiger partial charge on any atom is 0.255 e. The van der Waals surface area contributed by atoms with Gasteiger partial charge >= 0.3 is 0 Å². The Bertz CT molecular complexity index is 244. The average molecular weight is 201 g/mol. The average Bonchev–Trinajstić information content (AvgIpc) is 2.46. The Morgan fingerprint density at radius 2 is 1.93 bits per heavy atom. The van der Waals surface area contributed by atoms with Gasteiger partial charge in [-0.2, -0.15) is 0 Å². The van der Waals surface area contributed by atoms with Crippen LogP contribution < -0.4 is 0 Å². The minimum absolute atomic E-state index is 0.0563. The van der Waals surface area contributed by atoms with Crippen LogP contribution in [0.4, 0.5) is 0 Å². The summed E-state index contributed by atoms with van der Waals surface area (Å²) in [6, 6.07) is 0. The molecule has 0 radical (unpaired) electrons. The van der Waals surface area contributed by atoms with Crippen LogP contribution in [-0.2, 0) is 14.3 Å². The molecule has 1 rings (SSSR count). The summed E-state index contributed by atoms with van der Waals surface area (Å²) in [5, 5.41) is 17.7. The van der Waals surface area contributed by atoms with E-state index in [1.807, 2.05) is 0 Å². The molecule has 1 heterocycles. The highest BCUT2D eigenvalue weighted by Gasteiger charge is 2.29. The van der Waals surface area contributed by atoms with Gasteiger partial charge in [-0.15, -0.1) is 0 Å². The fourth-order valence-corrected chi connectivity index (χ4v) is 1.03. The number of amides is 2. The molecule has 2 amide bonds. The third-order valence-corrected chi connectivity index (χ3v) is 1.64. The van der Waals surface area contributed by atoms with Crippen molar-refractivity contribution in [1.82, 2.24) is 4.90 Å². The molecule has 2 N–H and O–H groups in total. The van der Waals surface area contributed by atoms with Gasteiger partial charge in [0.1, 0.15) is 0 Å². The van der Waals surface area contributed by atoms with Gasteiger partial charge < -0.3 is 14.9 Å². The first-order valence-corrected chi connectivity index (χ1v) is 4.08. The van der Waals surface area contributed by atoms with Gasteiger partial charge in [-0.3, -0.25) is 9.59 Å². The molecule has 0 saturated heterocycles. The van der Waals surface area contributed by atoms with Crippen molar-refractivity contribution < 1.29 is 24.5 Å². The number of carbonyl (C=O) groups is 2. The highest BCUT2D eigenvalue weighted by molar-refractivity contribution is 6.13. The highest BCUT2D eigenvalue weighted by Crippen LogP contribution is 2.07. The molecule has 0 saturated carbocycles. The number of hydrogen-bond donors (Lipinski definition) is 2. The molecule has 0 aromatic rings. The Kier molecular flexibility index (Phi) is 3.75. The summed E-state index contributed by atoms with van der Waals surface area (Å²) in [7, 11) is 0. The van der Waals surface area contributed by atoms with Crippen molar-refractivity contribution in [1.29, 1.82) is 0 Å². The standard InChI is InChI=1S/C8H11NO5/c10-3-4-14-5-8(13)9-6(11)1-2-7(9)12/h1-2,8,10,13H,3-5H2. The molecular weight excluding hydrogens is 190 g/mol. The number of carbonyl (C=O) groups excluding carboxylic acids is 2. The molecule has 0 aliphatic carbocycles. The summed E-state index contributed by atoms with van der Waals surface area (Å²) in [4.78, 5) is 22.7. The molecule has 0 spiro atoms. The maximum absolute atomic E-state index is 11.0. The van der Waals surface area contributed by atoms with E-state index in [2.05, 4.69) is 0 Å². The third kappa shape index (κ3) is 2.38. The number of rotatable bonds is 5. The molecule has 14 heavy (non-hydrogen) atoms. The van der Waals surface area contributed by atoms with E-state index in [9.17, 15) is 14.7 Å². The van der Waals surface area contributed by atoms with Crippen molar-refractivity contribution in [2.75, 3.05) is 19.8 Å². The first-order chi connectivity index (χ1) is 6.66. The van der Waals surface area contributed by atoms with Crippen LogP contribution in [0.5, 0.6) is 0 Å². The fourth-order valence-electron chi connectivity index (χ4n) is 1.03. The van der Waals surface area contributed by atoms with Crippen molar-refractivity contribution in [3.05, 3.63) is 12.2 Å². The van der Waals surface area contributed by atoms with E-state index >= 15 is 0 Å². The van der Waals surface area contributed by atoms with Crippen LogP contribution in [0.2, 0.25) is 0 Å². The zero-order chi connectivity index (χ0) is 10.6. The summed E-state index contributed by atoms with van der Waals surface area (Å²) < 4.78 is 4.78. The van der Waals surface area contributed by atoms with Crippen molar-refractivity contribution >= 4 is 11.8 Å². The topological polar surface area (TPSA) is 87.1 Å². The summed E-state index contributed by atoms with van der Waals surface area (Å²) in [5.41, 5.74) is 0. The molecule has 1 aliphatic rings. The van der Waals surface area contributed by atoms with E-state index in [1.54, 1.807) is 0 Å². The molecule has 1 unspecified atom stereocenters. The quantitative estimate of drug-likeness (QED) is 0.406. The Morgan fingerprint density at radius 1 is 1.36 bits per heavy atom. The Morgan fingerprint density at radius 3 is 2.43 bits per heavy atom. The second kappa shape index (κ2) is 4.85. The number of aliphatic hydroxyl groups is 2. The molecule has 0 bridgehead atoms. The van der Waals surface area contributed by atoms with E-state index in [0.29, 0.717) is 4.90 Å². The Labute approximate surface area is 80.4 Å². The van der Waals surface area contributed by atoms with Crippen LogP contribution in [0, 0.1) is 0 Å². The molecule has 1 aliphatic heterocycles. The van der Waals surface area contributed by atoms with Gasteiger partial charge in [0.2, 0.25) is 0 Å². The normalized spacial score (nSPS) is 18.0. The molecule has 0 aromatic carbocycles. The molecule has 6 nitrogen and oxygen atoms in total. The molecule has 0 aromatic heterocycles. The summed E-state index contributed by atoms with van der Waals surface area (Å²) in [6.07, 6.45) is 0.867. The Balaban J connectivity index is 2.40. The van der Waals surface area contributed by atoms with E-state index in [4.69, 9.17) is 9.84 Å². The third-order valence-electron chi connectivity index (χ3n) is 1.64. The van der Waals surface area contributed by atoms with Crippen molar-refractivity contribution in [3.63, 3.8) is 0 Å². The number of imide groups is 1. The van der Waals surface area contributed by atoms with Gasteiger partial charge in [-0.05, 0) is 0 Å². The minimum atomic E-state index is -1.29. The first-order valence-electron chi connectivity index (χ1n) is 4.08. The van der Waals surface area contributed by atoms with Gasteiger partial charge in [0.15, 0.2) is 6.23 Å². The van der Waals surface area contributed by atoms with Gasteiger partial charge in [0.25, 0.3) is 11.8 Å². The Hall–Kier alpha value is -1.24. The van der Waals surface area contributed by atoms with E-state index in [0.717, 1.165) is 12.2 Å². The van der Waals surface area contributed by atoms with Gasteiger partial charge in [0, 0.05) is 12.2 Å². The zero-order valence-electron chi connectivity index (χ0n) is 7.42. The number of ether oxygens (including phenoxy) is 1. The molecular formula is C8H11NO5. The maximum atomic E-state index is 11.0. The van der Waals surface area contributed by atoms with Gasteiger partial charge in [-0.25, -0.2) is 4.90 Å². The predicted molar refractivity (Wildman–Crippen MR) is 44.9 cm³/mol. The number of hydrogen-bond acceptors (Lipinski definition) is 5. The molecule has 6 heteroatoms. The van der Waals surface area contributed by atoms with E-state index in [1.165, 1.54) is 0 Å². The predicted octanol–water partition coefficient (Wildman–Crippen LogP) is -1.76. The van der Waals surface area contributed by atoms with Crippen LogP contribution in [0.1, 0.15) is 0 Å². The summed E-state index contributed by atoms with van der Waals surface area (Å²) in [5.74, 6) is -1.12. The second-order valence-corrected chi connectivity index (χ2v) is 2.66. The highest BCUT2D eigenvalue weighted by atomic mass is 16.5. The zero-order valence-corrected chi connectivity index (χ0v) is 7.42. The van der Waals surface area contributed by atoms with Crippen LogP contribution in [0.25, 0.3) is 0 Å². The van der Waals surface area contributed by atoms with E-state index < -0.39 is 18.0 Å². The van der Waals surface area contributed by atoms with Gasteiger partial charge in [0.05, 0.1) is 19.8 Å². The van der Waals surface area contributed by atoms with Crippen LogP contribution >= 0.6 is 0 Å². The summed E-state index contributed by atoms with van der Waals surface area (Å²) >= 11 is 0. The van der Waals surface area contributed by atoms with Crippen molar-refractivity contribution in [3.8, 4) is 0 Å². The molecule has 78 valence electrons. The smallest absolute Gasteiger partial charge is 0.255 e. The fraction of sp³-hybridized carbons (Fsp3) is 0.500. The van der Waals surface area contributed by atoms with Crippen molar-refractivity contribution in [2.24, 2.45) is 0 Å². The second-order valence-electron chi connectivity index (χ2n) is 2.66. The molecule has 1 atom stereocenters. The van der Waals surface area contributed by atoms with E-state index in [-0.39, 0.29) is 19.8 Å². The lowest BCUT2D eigenvalue weighted by Gasteiger charge is -2.20. The number of aliphatic hydroxyl groups excluding tert-OH is 2. The van der Waals surface area contributed by atoms with Crippen LogP contribution in [0.15, 0.2) is 12.2 Å². The van der Waals surface area contributed by atoms with Gasteiger partial charge in [-0.1, -0.05) is 0 Å². The minimum Gasteiger partial charge on any atom is -0.394 e. The van der Waals surface area contributed by atoms with Crippen LogP contribution in [0.3, 0.4) is 0 Å². The lowest BCUT2D eigenvalue weighted by molar-refractivity contribution is -0.152. The first kappa shape index (κ1) is 10.8. The van der Waals surface area contributed by atoms with Crippen molar-refractivity contribution in [2.45, 2.75) is 6.23 Å². The lowest BCUT2D eigenvalue weighted by Crippen LogP contribution is -2.42. The van der Waals surface area contributed by atoms with Crippen LogP contribution in [-0.4, -0.2) is 53.0 Å². The lowest BCUT2D eigenvalue weighted by atomic mass is 10.5. The largest absolute Gasteiger partial charge is 0.394 e. The monoisotopic (exact) mass is 201 g/mol. The summed E-state index contributed by atoms with van der Waals surface area (Å²) in [6.45, 7) is -0.312. The SMILES string of the molecule is O=C1C=CC(=O)N1C(O)COCCO. The molecule has 0 fully saturated rings.